The Labute approximate surface area is 210 Å². The number of ether oxygens (including phenoxy) is 1. The van der Waals surface area contributed by atoms with Crippen LogP contribution in [0.5, 0.6) is 5.75 Å². The average Bonchev–Trinajstić information content (AvgIpc) is 2.72. The molecule has 0 fully saturated rings. The smallest absolute Gasteiger partial charge is 0.266 e. The molecule has 3 rings (SSSR count). The number of hydrogen-bond donors (Lipinski definition) is 1. The fourth-order valence-corrected chi connectivity index (χ4v) is 4.52. The second kappa shape index (κ2) is 11.0. The van der Waals surface area contributed by atoms with E-state index in [9.17, 15) is 10.1 Å². The molecule has 156 valence electrons. The fourth-order valence-electron chi connectivity index (χ4n) is 2.62. The van der Waals surface area contributed by atoms with Gasteiger partial charge in [0, 0.05) is 15.2 Å². The first-order valence-corrected chi connectivity index (χ1v) is 11.7. The van der Waals surface area contributed by atoms with Gasteiger partial charge in [-0.15, -0.1) is 0 Å². The maximum Gasteiger partial charge on any atom is 0.266 e. The molecule has 3 aromatic carbocycles. The van der Waals surface area contributed by atoms with E-state index < -0.39 is 5.91 Å². The standard InChI is InChI=1S/C23H14Br3ClN2O2/c24-17-6-4-14(5-7-17)13-31-22-20(25)9-15(10-21(22)26)8-16(12-28)23(30)29-19-3-1-2-18(27)11-19/h1-11H,13H2,(H,29,30)/b16-8+. The van der Waals surface area contributed by atoms with Crippen molar-refractivity contribution in [2.75, 3.05) is 5.32 Å². The van der Waals surface area contributed by atoms with Gasteiger partial charge in [0.2, 0.25) is 0 Å². The average molecular weight is 626 g/mol. The quantitative estimate of drug-likeness (QED) is 0.225. The summed E-state index contributed by atoms with van der Waals surface area (Å²) in [6.45, 7) is 0.394. The maximum atomic E-state index is 12.5. The van der Waals surface area contributed by atoms with Crippen molar-refractivity contribution < 1.29 is 9.53 Å². The monoisotopic (exact) mass is 622 g/mol. The van der Waals surface area contributed by atoms with Gasteiger partial charge in [0.15, 0.2) is 0 Å². The summed E-state index contributed by atoms with van der Waals surface area (Å²) in [4.78, 5) is 12.5. The predicted molar refractivity (Wildman–Crippen MR) is 134 cm³/mol. The number of halogens is 4. The number of benzene rings is 3. The summed E-state index contributed by atoms with van der Waals surface area (Å²) in [7, 11) is 0. The molecule has 0 aliphatic carbocycles. The van der Waals surface area contributed by atoms with E-state index in [-0.39, 0.29) is 5.57 Å². The summed E-state index contributed by atoms with van der Waals surface area (Å²) in [6, 6.07) is 20.1. The lowest BCUT2D eigenvalue weighted by molar-refractivity contribution is -0.112. The van der Waals surface area contributed by atoms with Gasteiger partial charge in [-0.1, -0.05) is 45.7 Å². The van der Waals surface area contributed by atoms with Crippen LogP contribution in [0.15, 0.2) is 79.7 Å². The van der Waals surface area contributed by atoms with E-state index in [1.165, 1.54) is 6.08 Å². The Morgan fingerprint density at radius 1 is 1.06 bits per heavy atom. The molecule has 0 bridgehead atoms. The summed E-state index contributed by atoms with van der Waals surface area (Å²) >= 11 is 16.4. The minimum atomic E-state index is -0.521. The number of rotatable bonds is 6. The van der Waals surface area contributed by atoms with Gasteiger partial charge < -0.3 is 10.1 Å². The molecule has 0 aromatic heterocycles. The zero-order valence-corrected chi connectivity index (χ0v) is 21.3. The molecule has 1 N–H and O–H groups in total. The number of carbonyl (C=O) groups is 1. The minimum Gasteiger partial charge on any atom is -0.487 e. The van der Waals surface area contributed by atoms with Crippen LogP contribution in [0.4, 0.5) is 5.69 Å². The Balaban J connectivity index is 1.76. The lowest BCUT2D eigenvalue weighted by atomic mass is 10.1. The summed E-state index contributed by atoms with van der Waals surface area (Å²) in [5.74, 6) is 0.106. The Morgan fingerprint density at radius 3 is 2.35 bits per heavy atom. The van der Waals surface area contributed by atoms with E-state index in [1.807, 2.05) is 30.3 Å². The van der Waals surface area contributed by atoms with Gasteiger partial charge in [-0.3, -0.25) is 4.79 Å². The van der Waals surface area contributed by atoms with Gasteiger partial charge in [-0.05, 0) is 91.5 Å². The fraction of sp³-hybridized carbons (Fsp3) is 0.0435. The molecule has 0 heterocycles. The Kier molecular flexibility index (Phi) is 8.33. The molecule has 0 aliphatic heterocycles. The van der Waals surface area contributed by atoms with Crippen molar-refractivity contribution in [2.45, 2.75) is 6.61 Å². The van der Waals surface area contributed by atoms with Gasteiger partial charge in [0.1, 0.15) is 24.0 Å². The number of amides is 1. The number of nitriles is 1. The number of anilines is 1. The number of nitrogens with zero attached hydrogens (tertiary/aromatic N) is 1. The third-order valence-corrected chi connectivity index (χ3v) is 6.02. The minimum absolute atomic E-state index is 0.0395. The number of nitrogens with one attached hydrogen (secondary N) is 1. The molecule has 1 amide bonds. The zero-order valence-electron chi connectivity index (χ0n) is 15.8. The van der Waals surface area contributed by atoms with Crippen molar-refractivity contribution >= 4 is 77.1 Å². The van der Waals surface area contributed by atoms with Gasteiger partial charge in [-0.25, -0.2) is 0 Å². The van der Waals surface area contributed by atoms with Crippen LogP contribution in [0.1, 0.15) is 11.1 Å². The first kappa shape index (κ1) is 23.6. The first-order valence-electron chi connectivity index (χ1n) is 8.90. The number of carbonyl (C=O) groups excluding carboxylic acids is 1. The van der Waals surface area contributed by atoms with Crippen molar-refractivity contribution in [1.29, 1.82) is 5.26 Å². The highest BCUT2D eigenvalue weighted by Gasteiger charge is 2.13. The summed E-state index contributed by atoms with van der Waals surface area (Å²) < 4.78 is 8.32. The Morgan fingerprint density at radius 2 is 1.74 bits per heavy atom. The molecule has 8 heteroatoms. The summed E-state index contributed by atoms with van der Waals surface area (Å²) in [5.41, 5.74) is 2.16. The van der Waals surface area contributed by atoms with Crippen LogP contribution in [0.25, 0.3) is 6.08 Å². The zero-order chi connectivity index (χ0) is 22.4. The van der Waals surface area contributed by atoms with Gasteiger partial charge in [-0.2, -0.15) is 5.26 Å². The van der Waals surface area contributed by atoms with Crippen LogP contribution < -0.4 is 10.1 Å². The van der Waals surface area contributed by atoms with Crippen molar-refractivity contribution in [1.82, 2.24) is 0 Å². The van der Waals surface area contributed by atoms with E-state index in [0.29, 0.717) is 37.6 Å². The summed E-state index contributed by atoms with van der Waals surface area (Å²) in [5, 5.41) is 12.6. The highest BCUT2D eigenvalue weighted by molar-refractivity contribution is 9.11. The van der Waals surface area contributed by atoms with E-state index in [0.717, 1.165) is 10.0 Å². The highest BCUT2D eigenvalue weighted by Crippen LogP contribution is 2.36. The molecule has 0 unspecified atom stereocenters. The van der Waals surface area contributed by atoms with Crippen molar-refractivity contribution in [3.05, 3.63) is 95.8 Å². The molecule has 3 aromatic rings. The second-order valence-corrected chi connectivity index (χ2v) is 9.42. The molecular weight excluding hydrogens is 611 g/mol. The lowest BCUT2D eigenvalue weighted by Crippen LogP contribution is -2.13. The van der Waals surface area contributed by atoms with E-state index in [4.69, 9.17) is 16.3 Å². The van der Waals surface area contributed by atoms with Crippen LogP contribution in [0, 0.1) is 11.3 Å². The van der Waals surface area contributed by atoms with Crippen LogP contribution in [0.2, 0.25) is 5.02 Å². The van der Waals surface area contributed by atoms with Crippen molar-refractivity contribution in [3.8, 4) is 11.8 Å². The predicted octanol–water partition coefficient (Wildman–Crippen LogP) is 7.75. The molecule has 0 aliphatic rings. The molecule has 4 nitrogen and oxygen atoms in total. The maximum absolute atomic E-state index is 12.5. The molecule has 0 saturated carbocycles. The second-order valence-electron chi connectivity index (χ2n) is 6.36. The SMILES string of the molecule is N#C/C(=C\c1cc(Br)c(OCc2ccc(Br)cc2)c(Br)c1)C(=O)Nc1cccc(Cl)c1. The van der Waals surface area contributed by atoms with Crippen LogP contribution in [0.3, 0.4) is 0 Å². The normalized spacial score (nSPS) is 11.0. The molecular formula is C23H14Br3ClN2O2. The lowest BCUT2D eigenvalue weighted by Gasteiger charge is -2.12. The van der Waals surface area contributed by atoms with Crippen molar-refractivity contribution in [2.24, 2.45) is 0 Å². The Hall–Kier alpha value is -2.11. The molecule has 0 saturated heterocycles. The number of hydrogen-bond acceptors (Lipinski definition) is 3. The molecule has 0 radical (unpaired) electrons. The third-order valence-electron chi connectivity index (χ3n) is 4.08. The van der Waals surface area contributed by atoms with Gasteiger partial charge in [0.25, 0.3) is 5.91 Å². The van der Waals surface area contributed by atoms with Crippen LogP contribution in [-0.4, -0.2) is 5.91 Å². The first-order chi connectivity index (χ1) is 14.9. The molecule has 31 heavy (non-hydrogen) atoms. The van der Waals surface area contributed by atoms with E-state index in [2.05, 4.69) is 53.1 Å². The third kappa shape index (κ3) is 6.68. The van der Waals surface area contributed by atoms with Crippen LogP contribution in [-0.2, 0) is 11.4 Å². The van der Waals surface area contributed by atoms with Crippen LogP contribution >= 0.6 is 59.4 Å². The summed E-state index contributed by atoms with van der Waals surface area (Å²) in [6.07, 6.45) is 1.51. The molecule has 0 atom stereocenters. The van der Waals surface area contributed by atoms with E-state index in [1.54, 1.807) is 36.4 Å². The van der Waals surface area contributed by atoms with Gasteiger partial charge in [0.05, 0.1) is 8.95 Å². The van der Waals surface area contributed by atoms with E-state index >= 15 is 0 Å². The largest absolute Gasteiger partial charge is 0.487 e. The molecule has 0 spiro atoms. The van der Waals surface area contributed by atoms with Gasteiger partial charge >= 0.3 is 0 Å². The topological polar surface area (TPSA) is 62.1 Å². The Bertz CT molecular complexity index is 1170. The highest BCUT2D eigenvalue weighted by atomic mass is 79.9. The van der Waals surface area contributed by atoms with Crippen molar-refractivity contribution in [3.63, 3.8) is 0 Å².